The molecule has 1 aliphatic rings. The molecule has 1 aliphatic carbocycles. The number of allylic oxidation sites excluding steroid dienone is 4. The van der Waals surface area contributed by atoms with Crippen molar-refractivity contribution in [1.82, 2.24) is 0 Å². The standard InChI is InChI=1S/C5H5.3FH.Zr/c1-2-4-5-3-1;;;;/h1-3H,4H2;3*1H;. The summed E-state index contributed by atoms with van der Waals surface area (Å²) in [6.45, 7) is 0. The number of hydrogen-bond acceptors (Lipinski definition) is 0. The van der Waals surface area contributed by atoms with Gasteiger partial charge in [-0.25, -0.2) is 0 Å². The van der Waals surface area contributed by atoms with Crippen molar-refractivity contribution in [2.75, 3.05) is 0 Å². The van der Waals surface area contributed by atoms with Crippen LogP contribution >= 0.6 is 0 Å². The number of rotatable bonds is 0. The normalized spacial score (nSPS) is 12.1. The summed E-state index contributed by atoms with van der Waals surface area (Å²) in [5.41, 5.74) is 0. The Balaban J connectivity index is -0.000000120. The molecule has 0 spiro atoms. The molecule has 0 N–H and O–H groups in total. The van der Waals surface area contributed by atoms with Gasteiger partial charge in [-0.15, -0.1) is 0 Å². The molecule has 0 nitrogen and oxygen atoms in total. The predicted molar refractivity (Wildman–Crippen MR) is 29.3 cm³/mol. The molecule has 0 fully saturated rings. The molecule has 1 rings (SSSR count). The molecule has 0 bridgehead atoms. The Labute approximate surface area is 67.0 Å². The van der Waals surface area contributed by atoms with Crippen LogP contribution in [0.25, 0.3) is 0 Å². The number of halogens is 3. The van der Waals surface area contributed by atoms with Crippen molar-refractivity contribution in [1.29, 1.82) is 0 Å². The summed E-state index contributed by atoms with van der Waals surface area (Å²) < 4.78 is 1.56. The molecule has 0 heterocycles. The molecule has 0 unspecified atom stereocenters. The predicted octanol–water partition coefficient (Wildman–Crippen LogP) is 1.83. The molecule has 0 radical (unpaired) electrons. The van der Waals surface area contributed by atoms with Gasteiger partial charge in [-0.3, -0.25) is 14.1 Å². The van der Waals surface area contributed by atoms with E-state index in [9.17, 15) is 0 Å². The third-order valence-electron chi connectivity index (χ3n) is 0.771. The summed E-state index contributed by atoms with van der Waals surface area (Å²) in [5.74, 6) is 0. The van der Waals surface area contributed by atoms with Crippen LogP contribution in [0.4, 0.5) is 14.1 Å². The molecule has 0 atom stereocenters. The van der Waals surface area contributed by atoms with Crippen LogP contribution in [0, 0.1) is 0 Å². The molecule has 0 aromatic carbocycles. The summed E-state index contributed by atoms with van der Waals surface area (Å²) in [4.78, 5) is 0. The van der Waals surface area contributed by atoms with Crippen LogP contribution in [0.3, 0.4) is 0 Å². The third-order valence-corrected chi connectivity index (χ3v) is 1.68. The zero-order valence-corrected chi connectivity index (χ0v) is 7.12. The second-order valence-corrected chi connectivity index (χ2v) is 2.90. The van der Waals surface area contributed by atoms with Crippen LogP contribution in [0.1, 0.15) is 6.42 Å². The molecule has 53 valence electrons. The van der Waals surface area contributed by atoms with E-state index in [4.69, 9.17) is 0 Å². The van der Waals surface area contributed by atoms with Gasteiger partial charge in [0.1, 0.15) is 0 Å². The van der Waals surface area contributed by atoms with Gasteiger partial charge in [0.2, 0.25) is 0 Å². The van der Waals surface area contributed by atoms with E-state index in [1.807, 2.05) is 0 Å². The van der Waals surface area contributed by atoms with Crippen molar-refractivity contribution >= 4 is 0 Å². The molecule has 0 aromatic heterocycles. The fraction of sp³-hybridized carbons (Fsp3) is 0.200. The van der Waals surface area contributed by atoms with Gasteiger partial charge < -0.3 is 0 Å². The molecule has 0 aromatic rings. The van der Waals surface area contributed by atoms with E-state index >= 15 is 0 Å². The van der Waals surface area contributed by atoms with Gasteiger partial charge in [0.25, 0.3) is 0 Å². The molecular weight excluding hydrogens is 208 g/mol. The molecule has 0 aliphatic heterocycles. The summed E-state index contributed by atoms with van der Waals surface area (Å²) in [6.07, 6.45) is 7.69. The Hall–Kier alpha value is 0.153. The molecule has 4 heteroatoms. The van der Waals surface area contributed by atoms with Crippen LogP contribution in [0.2, 0.25) is 0 Å². The number of hydrogen-bond donors (Lipinski definition) is 0. The second-order valence-electron chi connectivity index (χ2n) is 1.32. The molecule has 9 heavy (non-hydrogen) atoms. The quantitative estimate of drug-likeness (QED) is 0.579. The zero-order chi connectivity index (χ0) is 4.41. The fourth-order valence-electron chi connectivity index (χ4n) is 0.447. The second kappa shape index (κ2) is 8.15. The van der Waals surface area contributed by atoms with Crippen LogP contribution in [0.15, 0.2) is 21.5 Å². The fourth-order valence-corrected chi connectivity index (χ4v) is 0.973. The van der Waals surface area contributed by atoms with Crippen molar-refractivity contribution in [2.24, 2.45) is 0 Å². The van der Waals surface area contributed by atoms with E-state index in [0.29, 0.717) is 0 Å². The zero-order valence-electron chi connectivity index (χ0n) is 4.66. The average Bonchev–Trinajstić information content (AvgIpc) is 1.86. The minimum atomic E-state index is 0. The van der Waals surface area contributed by atoms with Gasteiger partial charge in [-0.2, -0.15) is 0 Å². The first-order valence-corrected chi connectivity index (χ1v) is 3.20. The Morgan fingerprint density at radius 1 is 1.22 bits per heavy atom. The summed E-state index contributed by atoms with van der Waals surface area (Å²) >= 11 is 1.56. The average molecular weight is 216 g/mol. The van der Waals surface area contributed by atoms with Gasteiger partial charge in [0, 0.05) is 0 Å². The van der Waals surface area contributed by atoms with Crippen LogP contribution in [0.5, 0.6) is 0 Å². The van der Waals surface area contributed by atoms with E-state index < -0.39 is 0 Å². The first-order chi connectivity index (χ1) is 2.89. The Morgan fingerprint density at radius 3 is 1.89 bits per heavy atom. The third kappa shape index (κ3) is 6.03. The van der Waals surface area contributed by atoms with Gasteiger partial charge >= 0.3 is 52.6 Å². The molecule has 0 saturated heterocycles. The van der Waals surface area contributed by atoms with Gasteiger partial charge in [-0.1, -0.05) is 0 Å². The summed E-state index contributed by atoms with van der Waals surface area (Å²) in [5, 5.41) is 0. The Bertz CT molecular complexity index is 109. The van der Waals surface area contributed by atoms with E-state index in [-0.39, 0.29) is 14.1 Å². The van der Waals surface area contributed by atoms with E-state index in [2.05, 4.69) is 18.2 Å². The summed E-state index contributed by atoms with van der Waals surface area (Å²) in [7, 11) is 0. The van der Waals surface area contributed by atoms with Crippen LogP contribution in [-0.2, 0) is 24.7 Å². The van der Waals surface area contributed by atoms with Crippen molar-refractivity contribution < 1.29 is 38.8 Å². The molecule has 0 saturated carbocycles. The maximum atomic E-state index is 2.18. The van der Waals surface area contributed by atoms with Crippen molar-refractivity contribution in [2.45, 2.75) is 6.42 Å². The van der Waals surface area contributed by atoms with Crippen LogP contribution in [-0.4, -0.2) is 0 Å². The topological polar surface area (TPSA) is 0 Å². The van der Waals surface area contributed by atoms with Gasteiger partial charge in [0.15, 0.2) is 0 Å². The van der Waals surface area contributed by atoms with Crippen molar-refractivity contribution in [3.8, 4) is 0 Å². The first-order valence-electron chi connectivity index (χ1n) is 1.97. The maximum absolute atomic E-state index is 2.18. The van der Waals surface area contributed by atoms with Gasteiger partial charge in [-0.05, 0) is 0 Å². The molecular formula is C5H8F3Zr. The first kappa shape index (κ1) is 16.1. The van der Waals surface area contributed by atoms with E-state index in [1.54, 1.807) is 28.0 Å². The van der Waals surface area contributed by atoms with Crippen LogP contribution < -0.4 is 0 Å². The Morgan fingerprint density at radius 2 is 1.78 bits per heavy atom. The SMILES string of the molecule is F.F.F.[Zr][C]1=CC=CC1. The minimum absolute atomic E-state index is 0. The van der Waals surface area contributed by atoms with E-state index in [1.165, 1.54) is 6.42 Å². The van der Waals surface area contributed by atoms with Crippen molar-refractivity contribution in [3.63, 3.8) is 0 Å². The van der Waals surface area contributed by atoms with Gasteiger partial charge in [0.05, 0.1) is 0 Å². The summed E-state index contributed by atoms with van der Waals surface area (Å²) in [6, 6.07) is 0. The van der Waals surface area contributed by atoms with E-state index in [0.717, 1.165) is 0 Å². The van der Waals surface area contributed by atoms with Crippen molar-refractivity contribution in [3.05, 3.63) is 21.5 Å². The molecule has 0 amide bonds. The Kier molecular flexibility index (Phi) is 14.6. The monoisotopic (exact) mass is 215 g/mol.